The van der Waals surface area contributed by atoms with Gasteiger partial charge in [-0.25, -0.2) is 9.97 Å². The molecule has 1 saturated heterocycles. The number of carbonyl (C=O) groups is 2. The van der Waals surface area contributed by atoms with Crippen molar-refractivity contribution in [3.05, 3.63) is 66.5 Å². The van der Waals surface area contributed by atoms with E-state index in [0.29, 0.717) is 37.0 Å². The van der Waals surface area contributed by atoms with Crippen molar-refractivity contribution in [2.45, 2.75) is 18.1 Å². The predicted octanol–water partition coefficient (Wildman–Crippen LogP) is 4.08. The minimum absolute atomic E-state index is 0.252. The molecule has 0 saturated carbocycles. The highest BCUT2D eigenvalue weighted by molar-refractivity contribution is 8.16. The number of ether oxygens (including phenoxy) is 3. The van der Waals surface area contributed by atoms with Gasteiger partial charge in [0.25, 0.3) is 5.24 Å². The first-order valence-corrected chi connectivity index (χ1v) is 11.8. The Morgan fingerprint density at radius 2 is 1.69 bits per heavy atom. The van der Waals surface area contributed by atoms with Crippen LogP contribution in [0.5, 0.6) is 23.1 Å². The van der Waals surface area contributed by atoms with Crippen molar-refractivity contribution in [2.75, 3.05) is 32.2 Å². The maximum atomic E-state index is 12.0. The molecule has 1 fully saturated rings. The van der Waals surface area contributed by atoms with Gasteiger partial charge in [0.2, 0.25) is 11.8 Å². The number of methoxy groups -OCH3 is 1. The highest BCUT2D eigenvalue weighted by Gasteiger charge is 2.43. The number of amides is 2. The number of nitrogens with one attached hydrogen (secondary N) is 1. The molecule has 0 spiro atoms. The second-order valence-electron chi connectivity index (χ2n) is 8.16. The first kappa shape index (κ1) is 24.3. The van der Waals surface area contributed by atoms with Crippen molar-refractivity contribution >= 4 is 28.7 Å². The summed E-state index contributed by atoms with van der Waals surface area (Å²) in [5, 5.41) is 2.04. The highest BCUT2D eigenvalue weighted by atomic mass is 32.2. The molecule has 4 rings (SSSR count). The summed E-state index contributed by atoms with van der Waals surface area (Å²) in [6, 6.07) is 16.6. The maximum absolute atomic E-state index is 12.0. The summed E-state index contributed by atoms with van der Waals surface area (Å²) in [6.07, 6.45) is 1.92. The molecule has 35 heavy (non-hydrogen) atoms. The number of carbonyl (C=O) groups excluding carboxylic acids is 2. The van der Waals surface area contributed by atoms with Gasteiger partial charge in [0.15, 0.2) is 0 Å². The molecule has 1 N–H and O–H groups in total. The zero-order valence-electron chi connectivity index (χ0n) is 19.7. The predicted molar refractivity (Wildman–Crippen MR) is 134 cm³/mol. The molecule has 10 heteroatoms. The standard InChI is InChI=1S/C25H26N4O5S/c1-25(23(30)28-24(31)35-25)15-17-4-6-19(7-5-17)33-13-12-29(2)21-14-22(27-16-26-21)34-20-10-8-18(32-3)9-11-20/h4-11,14,16H,12-13,15H2,1-3H3,(H,28,30,31)/t25-/m1/s1. The number of benzene rings is 2. The Labute approximate surface area is 207 Å². The molecule has 1 aliphatic heterocycles. The third-order valence-corrected chi connectivity index (χ3v) is 6.54. The molecule has 1 aliphatic rings. The lowest BCUT2D eigenvalue weighted by molar-refractivity contribution is -0.121. The van der Waals surface area contributed by atoms with E-state index in [-0.39, 0.29) is 11.1 Å². The second kappa shape index (κ2) is 10.6. The van der Waals surface area contributed by atoms with E-state index in [9.17, 15) is 9.59 Å². The van der Waals surface area contributed by atoms with Crippen LogP contribution in [-0.4, -0.2) is 53.2 Å². The summed E-state index contributed by atoms with van der Waals surface area (Å²) in [5.41, 5.74) is 0.958. The number of rotatable bonds is 10. The van der Waals surface area contributed by atoms with E-state index >= 15 is 0 Å². The van der Waals surface area contributed by atoms with E-state index in [0.717, 1.165) is 28.8 Å². The zero-order chi connectivity index (χ0) is 24.8. The molecule has 2 amide bonds. The van der Waals surface area contributed by atoms with Crippen LogP contribution in [0.4, 0.5) is 10.6 Å². The normalized spacial score (nSPS) is 17.1. The van der Waals surface area contributed by atoms with E-state index in [1.807, 2.05) is 60.5 Å². The highest BCUT2D eigenvalue weighted by Crippen LogP contribution is 2.35. The van der Waals surface area contributed by atoms with Gasteiger partial charge in [0, 0.05) is 13.1 Å². The minimum Gasteiger partial charge on any atom is -0.497 e. The first-order valence-electron chi connectivity index (χ1n) is 11.0. The number of thioether (sulfide) groups is 1. The first-order chi connectivity index (χ1) is 16.8. The third kappa shape index (κ3) is 6.21. The molecule has 3 aromatic rings. The Balaban J connectivity index is 1.27. The van der Waals surface area contributed by atoms with Gasteiger partial charge >= 0.3 is 0 Å². The zero-order valence-corrected chi connectivity index (χ0v) is 20.5. The summed E-state index contributed by atoms with van der Waals surface area (Å²) >= 11 is 1.03. The SMILES string of the molecule is COc1ccc(Oc2cc(N(C)CCOc3ccc(C[C@@]4(C)SC(=O)NC4=O)cc3)ncn2)cc1. The Bertz CT molecular complexity index is 1190. The number of imide groups is 1. The van der Waals surface area contributed by atoms with Crippen molar-refractivity contribution < 1.29 is 23.8 Å². The van der Waals surface area contributed by atoms with Crippen LogP contribution in [0, 0.1) is 0 Å². The molecule has 1 atom stereocenters. The molecule has 182 valence electrons. The number of aromatic nitrogens is 2. The van der Waals surface area contributed by atoms with Crippen LogP contribution in [0.15, 0.2) is 60.9 Å². The van der Waals surface area contributed by atoms with Gasteiger partial charge in [-0.1, -0.05) is 12.1 Å². The Kier molecular flexibility index (Phi) is 7.40. The molecule has 9 nitrogen and oxygen atoms in total. The van der Waals surface area contributed by atoms with Crippen LogP contribution in [0.3, 0.4) is 0 Å². The van der Waals surface area contributed by atoms with E-state index < -0.39 is 4.75 Å². The van der Waals surface area contributed by atoms with E-state index in [4.69, 9.17) is 14.2 Å². The molecule has 0 aliphatic carbocycles. The number of likely N-dealkylation sites (N-methyl/N-ethyl adjacent to an activating group) is 1. The summed E-state index contributed by atoms with van der Waals surface area (Å²) in [6.45, 7) is 2.81. The lowest BCUT2D eigenvalue weighted by Crippen LogP contribution is -2.35. The molecule has 2 heterocycles. The quantitative estimate of drug-likeness (QED) is 0.447. The fraction of sp³-hybridized carbons (Fsp3) is 0.280. The van der Waals surface area contributed by atoms with Gasteiger partial charge < -0.3 is 19.1 Å². The van der Waals surface area contributed by atoms with Crippen molar-refractivity contribution in [1.29, 1.82) is 0 Å². The number of nitrogens with zero attached hydrogens (tertiary/aromatic N) is 3. The van der Waals surface area contributed by atoms with Gasteiger partial charge in [0.05, 0.1) is 13.7 Å². The van der Waals surface area contributed by atoms with E-state index in [1.165, 1.54) is 6.33 Å². The lowest BCUT2D eigenvalue weighted by atomic mass is 9.99. The third-order valence-electron chi connectivity index (χ3n) is 5.47. The van der Waals surface area contributed by atoms with Crippen molar-refractivity contribution in [3.8, 4) is 23.1 Å². The number of anilines is 1. The van der Waals surface area contributed by atoms with Crippen molar-refractivity contribution in [1.82, 2.24) is 15.3 Å². The average Bonchev–Trinajstić information content (AvgIpc) is 3.11. The largest absolute Gasteiger partial charge is 0.497 e. The fourth-order valence-corrected chi connectivity index (χ4v) is 4.42. The molecule has 0 bridgehead atoms. The van der Waals surface area contributed by atoms with Crippen LogP contribution in [0.1, 0.15) is 12.5 Å². The molecule has 2 aromatic carbocycles. The van der Waals surface area contributed by atoms with E-state index in [1.54, 1.807) is 20.1 Å². The van der Waals surface area contributed by atoms with Crippen LogP contribution in [-0.2, 0) is 11.2 Å². The molecular weight excluding hydrogens is 468 g/mol. The van der Waals surface area contributed by atoms with Crippen LogP contribution in [0.25, 0.3) is 0 Å². The summed E-state index contributed by atoms with van der Waals surface area (Å²) < 4.78 is 16.1. The second-order valence-corrected chi connectivity index (χ2v) is 9.63. The Morgan fingerprint density at radius 1 is 1.00 bits per heavy atom. The smallest absolute Gasteiger partial charge is 0.286 e. The minimum atomic E-state index is -0.782. The molecule has 1 aromatic heterocycles. The molecule has 0 unspecified atom stereocenters. The molecular formula is C25H26N4O5S. The van der Waals surface area contributed by atoms with Crippen molar-refractivity contribution in [3.63, 3.8) is 0 Å². The van der Waals surface area contributed by atoms with Gasteiger partial charge in [-0.05, 0) is 67.1 Å². The van der Waals surface area contributed by atoms with Crippen LogP contribution < -0.4 is 24.4 Å². The van der Waals surface area contributed by atoms with Gasteiger partial charge in [-0.3, -0.25) is 14.9 Å². The number of hydrogen-bond acceptors (Lipinski definition) is 9. The molecule has 0 radical (unpaired) electrons. The summed E-state index contributed by atoms with van der Waals surface area (Å²) in [7, 11) is 3.53. The van der Waals surface area contributed by atoms with Gasteiger partial charge in [-0.2, -0.15) is 0 Å². The summed E-state index contributed by atoms with van der Waals surface area (Å²) in [4.78, 5) is 34.0. The fourth-order valence-electron chi connectivity index (χ4n) is 3.48. The number of hydrogen-bond donors (Lipinski definition) is 1. The Hall–Kier alpha value is -3.79. The lowest BCUT2D eigenvalue weighted by Gasteiger charge is -2.19. The van der Waals surface area contributed by atoms with Crippen molar-refractivity contribution in [2.24, 2.45) is 0 Å². The van der Waals surface area contributed by atoms with Crippen LogP contribution >= 0.6 is 11.8 Å². The maximum Gasteiger partial charge on any atom is 0.286 e. The van der Waals surface area contributed by atoms with Gasteiger partial charge in [-0.15, -0.1) is 0 Å². The summed E-state index contributed by atoms with van der Waals surface area (Å²) in [5.74, 6) is 3.01. The van der Waals surface area contributed by atoms with Crippen LogP contribution in [0.2, 0.25) is 0 Å². The topological polar surface area (TPSA) is 103 Å². The monoisotopic (exact) mass is 494 g/mol. The van der Waals surface area contributed by atoms with E-state index in [2.05, 4.69) is 15.3 Å². The average molecular weight is 495 g/mol. The van der Waals surface area contributed by atoms with Gasteiger partial charge in [0.1, 0.15) is 40.7 Å². The Morgan fingerprint density at radius 3 is 2.34 bits per heavy atom.